The molecule has 5 nitrogen and oxygen atoms in total. The molecule has 4 atom stereocenters. The second-order valence-electron chi connectivity index (χ2n) is 11.1. The third kappa shape index (κ3) is 4.09. The van der Waals surface area contributed by atoms with Crippen LogP contribution in [0.3, 0.4) is 0 Å². The van der Waals surface area contributed by atoms with Crippen molar-refractivity contribution in [2.24, 2.45) is 17.3 Å². The number of ether oxygens (including phenoxy) is 1. The minimum atomic E-state index is -3.75. The topological polar surface area (TPSA) is 54.0 Å². The molecular weight excluding hydrogens is 435 g/mol. The summed E-state index contributed by atoms with van der Waals surface area (Å²) >= 11 is 0. The molecule has 0 unspecified atom stereocenters. The van der Waals surface area contributed by atoms with Gasteiger partial charge in [0.05, 0.1) is 13.2 Å². The van der Waals surface area contributed by atoms with Crippen LogP contribution in [0.4, 0.5) is 0 Å². The van der Waals surface area contributed by atoms with Crippen molar-refractivity contribution in [3.63, 3.8) is 0 Å². The molecule has 0 radical (unpaired) electrons. The van der Waals surface area contributed by atoms with E-state index in [4.69, 9.17) is 18.3 Å². The Morgan fingerprint density at radius 2 is 1.85 bits per heavy atom. The number of phosphoric acid groups is 1. The second-order valence-corrected chi connectivity index (χ2v) is 12.7. The first-order valence-corrected chi connectivity index (χ1v) is 14.1. The molecule has 1 aromatic carbocycles. The summed E-state index contributed by atoms with van der Waals surface area (Å²) in [6.45, 7) is 19.9. The first-order valence-electron chi connectivity index (χ1n) is 12.6. The SMILES string of the molecule is C=C1[C@@H]2Oc3cc(C(C)(C)CCCC)cc(OP(=O)(OCC)OCC)c3[C@@H]2[C@H]2C[C@@H]1C2(C)C. The Bertz CT molecular complexity index is 956. The van der Waals surface area contributed by atoms with Gasteiger partial charge in [0.2, 0.25) is 0 Å². The van der Waals surface area contributed by atoms with Crippen LogP contribution in [0, 0.1) is 17.3 Å². The standard InChI is InChI=1S/C27H41O5P/c1-9-12-13-26(5,6)18-14-21-24(22(15-18)32-33(28,29-10-2)30-11-3)23-20-16-19(27(20,7)8)17(4)25(23)31-21/h14-15,19-20,23,25H,4,9-13,16H2,1-3,5-8H3/t19-,20+,23-,25-/m0/s1. The summed E-state index contributed by atoms with van der Waals surface area (Å²) in [5.74, 6) is 2.52. The van der Waals surface area contributed by atoms with Gasteiger partial charge in [0.25, 0.3) is 0 Å². The van der Waals surface area contributed by atoms with Gasteiger partial charge in [-0.1, -0.05) is 54.0 Å². The average molecular weight is 477 g/mol. The summed E-state index contributed by atoms with van der Waals surface area (Å²) in [5, 5.41) is 0. The van der Waals surface area contributed by atoms with Crippen LogP contribution >= 0.6 is 7.82 Å². The lowest BCUT2D eigenvalue weighted by atomic mass is 9.43. The number of fused-ring (bicyclic) bond motifs is 1. The predicted molar refractivity (Wildman–Crippen MR) is 132 cm³/mol. The molecular formula is C27H41O5P. The lowest BCUT2D eigenvalue weighted by Crippen LogP contribution is -2.57. The maximum absolute atomic E-state index is 13.4. The van der Waals surface area contributed by atoms with Crippen molar-refractivity contribution in [3.05, 3.63) is 35.4 Å². The van der Waals surface area contributed by atoms with Crippen molar-refractivity contribution in [2.45, 2.75) is 91.6 Å². The minimum absolute atomic E-state index is 0.0494. The van der Waals surface area contributed by atoms with E-state index in [9.17, 15) is 4.57 Å². The molecule has 2 bridgehead atoms. The molecule has 3 saturated carbocycles. The van der Waals surface area contributed by atoms with Gasteiger partial charge in [-0.25, -0.2) is 4.57 Å². The van der Waals surface area contributed by atoms with Gasteiger partial charge < -0.3 is 9.26 Å². The lowest BCUT2D eigenvalue weighted by Gasteiger charge is -2.61. The van der Waals surface area contributed by atoms with Crippen molar-refractivity contribution in [3.8, 4) is 11.5 Å². The van der Waals surface area contributed by atoms with Crippen molar-refractivity contribution in [2.75, 3.05) is 13.2 Å². The molecule has 0 amide bonds. The van der Waals surface area contributed by atoms with Crippen molar-refractivity contribution < 1.29 is 22.9 Å². The monoisotopic (exact) mass is 476 g/mol. The van der Waals surface area contributed by atoms with Gasteiger partial charge in [0.15, 0.2) is 0 Å². The molecule has 5 rings (SSSR count). The van der Waals surface area contributed by atoms with E-state index < -0.39 is 7.82 Å². The first-order chi connectivity index (χ1) is 15.5. The van der Waals surface area contributed by atoms with E-state index in [-0.39, 0.29) is 36.1 Å². The Morgan fingerprint density at radius 3 is 2.42 bits per heavy atom. The van der Waals surface area contributed by atoms with E-state index >= 15 is 0 Å². The van der Waals surface area contributed by atoms with Gasteiger partial charge in [-0.05, 0) is 72.6 Å². The van der Waals surface area contributed by atoms with E-state index in [0.29, 0.717) is 17.6 Å². The van der Waals surface area contributed by atoms with E-state index in [0.717, 1.165) is 42.6 Å². The lowest BCUT2D eigenvalue weighted by molar-refractivity contribution is -0.0726. The highest BCUT2D eigenvalue weighted by Gasteiger charge is 2.63. The molecule has 1 aromatic rings. The van der Waals surface area contributed by atoms with Crippen LogP contribution in [-0.2, 0) is 19.0 Å². The highest BCUT2D eigenvalue weighted by Crippen LogP contribution is 2.70. The quantitative estimate of drug-likeness (QED) is 0.255. The number of unbranched alkanes of at least 4 members (excludes halogenated alkanes) is 1. The minimum Gasteiger partial charge on any atom is -0.485 e. The Balaban J connectivity index is 1.82. The summed E-state index contributed by atoms with van der Waals surface area (Å²) in [7, 11) is -3.75. The van der Waals surface area contributed by atoms with Crippen LogP contribution < -0.4 is 9.26 Å². The normalized spacial score (nSPS) is 27.4. The highest BCUT2D eigenvalue weighted by atomic mass is 31.2. The van der Waals surface area contributed by atoms with Gasteiger partial charge in [-0.2, -0.15) is 0 Å². The summed E-state index contributed by atoms with van der Waals surface area (Å²) < 4.78 is 37.2. The van der Waals surface area contributed by atoms with Gasteiger partial charge >= 0.3 is 7.82 Å². The molecule has 0 N–H and O–H groups in total. The smallest absolute Gasteiger partial charge is 0.485 e. The van der Waals surface area contributed by atoms with Crippen molar-refractivity contribution >= 4 is 7.82 Å². The summed E-state index contributed by atoms with van der Waals surface area (Å²) in [6, 6.07) is 4.24. The zero-order valence-electron chi connectivity index (χ0n) is 21.4. The zero-order valence-corrected chi connectivity index (χ0v) is 22.3. The Morgan fingerprint density at radius 1 is 1.18 bits per heavy atom. The number of hydrogen-bond acceptors (Lipinski definition) is 5. The summed E-state index contributed by atoms with van der Waals surface area (Å²) in [4.78, 5) is 0. The molecule has 184 valence electrons. The number of phosphoric ester groups is 1. The molecule has 0 aromatic heterocycles. The third-order valence-electron chi connectivity index (χ3n) is 8.33. The third-order valence-corrected chi connectivity index (χ3v) is 9.90. The van der Waals surface area contributed by atoms with Gasteiger partial charge in [0.1, 0.15) is 17.6 Å². The molecule has 3 aliphatic carbocycles. The Hall–Kier alpha value is -1.29. The Labute approximate surface area is 199 Å². The van der Waals surface area contributed by atoms with Crippen LogP contribution in [0.25, 0.3) is 0 Å². The second kappa shape index (κ2) is 8.73. The van der Waals surface area contributed by atoms with Gasteiger partial charge in [0, 0.05) is 11.5 Å². The van der Waals surface area contributed by atoms with Crippen LogP contribution in [0.1, 0.15) is 91.2 Å². The molecule has 3 fully saturated rings. The van der Waals surface area contributed by atoms with E-state index in [1.165, 1.54) is 5.57 Å². The van der Waals surface area contributed by atoms with Gasteiger partial charge in [-0.3, -0.25) is 9.05 Å². The largest absolute Gasteiger partial charge is 0.530 e. The molecule has 1 heterocycles. The fourth-order valence-corrected chi connectivity index (χ4v) is 7.46. The summed E-state index contributed by atoms with van der Waals surface area (Å²) in [6.07, 6.45) is 4.39. The fraction of sp³-hybridized carbons (Fsp3) is 0.704. The van der Waals surface area contributed by atoms with E-state index in [2.05, 4.69) is 53.3 Å². The molecule has 0 spiro atoms. The molecule has 4 aliphatic rings. The number of rotatable bonds is 10. The highest BCUT2D eigenvalue weighted by molar-refractivity contribution is 7.48. The fourth-order valence-electron chi connectivity index (χ4n) is 6.26. The predicted octanol–water partition coefficient (Wildman–Crippen LogP) is 7.79. The summed E-state index contributed by atoms with van der Waals surface area (Å²) in [5.41, 5.74) is 3.41. The first kappa shape index (κ1) is 24.8. The number of hydrogen-bond donors (Lipinski definition) is 0. The van der Waals surface area contributed by atoms with Crippen LogP contribution in [-0.4, -0.2) is 19.3 Å². The maximum Gasteiger partial charge on any atom is 0.530 e. The molecule has 33 heavy (non-hydrogen) atoms. The zero-order chi connectivity index (χ0) is 24.2. The van der Waals surface area contributed by atoms with E-state index in [1.54, 1.807) is 13.8 Å². The molecule has 0 saturated heterocycles. The molecule has 1 aliphatic heterocycles. The van der Waals surface area contributed by atoms with Crippen molar-refractivity contribution in [1.29, 1.82) is 0 Å². The van der Waals surface area contributed by atoms with Crippen molar-refractivity contribution in [1.82, 2.24) is 0 Å². The Kier molecular flexibility index (Phi) is 6.57. The van der Waals surface area contributed by atoms with Crippen LogP contribution in [0.5, 0.6) is 11.5 Å². The van der Waals surface area contributed by atoms with Crippen LogP contribution in [0.15, 0.2) is 24.3 Å². The molecule has 6 heteroatoms. The average Bonchev–Trinajstić information content (AvgIpc) is 3.12. The number of benzene rings is 1. The van der Waals surface area contributed by atoms with E-state index in [1.807, 2.05) is 0 Å². The van der Waals surface area contributed by atoms with Crippen LogP contribution in [0.2, 0.25) is 0 Å². The maximum atomic E-state index is 13.4. The van der Waals surface area contributed by atoms with Gasteiger partial charge in [-0.15, -0.1) is 0 Å².